The van der Waals surface area contributed by atoms with Crippen molar-refractivity contribution in [3.05, 3.63) is 88.3 Å². The molecule has 0 saturated carbocycles. The number of pyridine rings is 2. The fraction of sp³-hybridized carbons (Fsp3) is 0.136. The summed E-state index contributed by atoms with van der Waals surface area (Å²) in [7, 11) is 1.27. The van der Waals surface area contributed by atoms with Crippen LogP contribution in [0.2, 0.25) is 5.02 Å². The largest absolute Gasteiger partial charge is 0.464 e. The molecule has 158 valence electrons. The lowest BCUT2D eigenvalue weighted by Crippen LogP contribution is -2.06. The highest BCUT2D eigenvalue weighted by Crippen LogP contribution is 2.33. The second-order valence-electron chi connectivity index (χ2n) is 6.76. The smallest absolute Gasteiger partial charge is 0.416 e. The molecule has 3 aromatic heterocycles. The Morgan fingerprint density at radius 3 is 2.52 bits per heavy atom. The van der Waals surface area contributed by atoms with Crippen molar-refractivity contribution in [3.63, 3.8) is 0 Å². The molecule has 31 heavy (non-hydrogen) atoms. The van der Waals surface area contributed by atoms with E-state index in [1.807, 2.05) is 0 Å². The molecule has 0 aliphatic heterocycles. The number of benzene rings is 1. The van der Waals surface area contributed by atoms with E-state index in [-0.39, 0.29) is 5.69 Å². The molecular weight excluding hydrogens is 431 g/mol. The maximum absolute atomic E-state index is 13.0. The number of ether oxygens (including phenoxy) is 1. The summed E-state index contributed by atoms with van der Waals surface area (Å²) in [4.78, 5) is 16.1. The fourth-order valence-corrected chi connectivity index (χ4v) is 3.43. The van der Waals surface area contributed by atoms with Crippen molar-refractivity contribution in [2.24, 2.45) is 0 Å². The normalized spacial score (nSPS) is 11.6. The first-order valence-electron chi connectivity index (χ1n) is 9.15. The van der Waals surface area contributed by atoms with Gasteiger partial charge in [-0.25, -0.2) is 14.3 Å². The van der Waals surface area contributed by atoms with Crippen molar-refractivity contribution in [3.8, 4) is 11.3 Å². The van der Waals surface area contributed by atoms with Gasteiger partial charge in [0.2, 0.25) is 0 Å². The molecule has 0 fully saturated rings. The van der Waals surface area contributed by atoms with Crippen LogP contribution in [-0.2, 0) is 17.3 Å². The van der Waals surface area contributed by atoms with Gasteiger partial charge < -0.3 is 4.74 Å². The molecule has 0 aliphatic rings. The zero-order chi connectivity index (χ0) is 22.2. The van der Waals surface area contributed by atoms with Crippen molar-refractivity contribution in [2.75, 3.05) is 7.11 Å². The van der Waals surface area contributed by atoms with Gasteiger partial charge in [-0.3, -0.25) is 0 Å². The van der Waals surface area contributed by atoms with Crippen LogP contribution in [0.5, 0.6) is 0 Å². The van der Waals surface area contributed by atoms with Crippen molar-refractivity contribution in [1.29, 1.82) is 0 Å². The predicted molar refractivity (Wildman–Crippen MR) is 109 cm³/mol. The fourth-order valence-electron chi connectivity index (χ4n) is 3.28. The third-order valence-corrected chi connectivity index (χ3v) is 4.96. The van der Waals surface area contributed by atoms with E-state index in [2.05, 4.69) is 10.1 Å². The van der Waals surface area contributed by atoms with Crippen LogP contribution in [0.15, 0.2) is 60.8 Å². The Kier molecular flexibility index (Phi) is 5.41. The first-order valence-corrected chi connectivity index (χ1v) is 9.52. The highest BCUT2D eigenvalue weighted by atomic mass is 35.5. The van der Waals surface area contributed by atoms with Crippen LogP contribution in [0.4, 0.5) is 13.2 Å². The molecule has 0 N–H and O–H groups in total. The number of rotatable bonds is 4. The van der Waals surface area contributed by atoms with E-state index in [0.717, 1.165) is 23.2 Å². The summed E-state index contributed by atoms with van der Waals surface area (Å²) in [5, 5.41) is 5.00. The van der Waals surface area contributed by atoms with Gasteiger partial charge in [0.1, 0.15) is 5.69 Å². The van der Waals surface area contributed by atoms with Crippen LogP contribution in [0.25, 0.3) is 16.8 Å². The topological polar surface area (TPSA) is 56.5 Å². The molecule has 5 nitrogen and oxygen atoms in total. The molecule has 3 heterocycles. The monoisotopic (exact) mass is 445 g/mol. The molecule has 1 aromatic carbocycles. The van der Waals surface area contributed by atoms with E-state index in [4.69, 9.17) is 16.3 Å². The summed E-state index contributed by atoms with van der Waals surface area (Å²) in [6, 6.07) is 13.3. The zero-order valence-corrected chi connectivity index (χ0v) is 16.9. The van der Waals surface area contributed by atoms with Crippen LogP contribution in [0, 0.1) is 0 Å². The average molecular weight is 446 g/mol. The third-order valence-electron chi connectivity index (χ3n) is 4.74. The van der Waals surface area contributed by atoms with Crippen molar-refractivity contribution < 1.29 is 22.7 Å². The molecule has 0 spiro atoms. The number of esters is 1. The highest BCUT2D eigenvalue weighted by molar-refractivity contribution is 6.30. The average Bonchev–Trinajstić information content (AvgIpc) is 3.10. The van der Waals surface area contributed by atoms with E-state index in [1.165, 1.54) is 19.2 Å². The van der Waals surface area contributed by atoms with E-state index < -0.39 is 17.7 Å². The van der Waals surface area contributed by atoms with Gasteiger partial charge in [0.25, 0.3) is 0 Å². The van der Waals surface area contributed by atoms with Gasteiger partial charge in [-0.15, -0.1) is 0 Å². The number of alkyl halides is 3. The second kappa shape index (κ2) is 8.03. The van der Waals surface area contributed by atoms with Gasteiger partial charge in [0.15, 0.2) is 0 Å². The minimum absolute atomic E-state index is 0.163. The van der Waals surface area contributed by atoms with Crippen molar-refractivity contribution in [1.82, 2.24) is 14.6 Å². The van der Waals surface area contributed by atoms with Gasteiger partial charge in [-0.05, 0) is 36.4 Å². The van der Waals surface area contributed by atoms with Crippen LogP contribution < -0.4 is 0 Å². The first kappa shape index (κ1) is 20.9. The number of halogens is 4. The van der Waals surface area contributed by atoms with E-state index in [9.17, 15) is 18.0 Å². The number of fused-ring (bicyclic) bond motifs is 1. The number of methoxy groups -OCH3 is 1. The van der Waals surface area contributed by atoms with Gasteiger partial charge in [-0.2, -0.15) is 18.3 Å². The van der Waals surface area contributed by atoms with Crippen LogP contribution in [-0.4, -0.2) is 27.7 Å². The maximum atomic E-state index is 13.0. The molecule has 9 heteroatoms. The third kappa shape index (κ3) is 4.25. The Labute approximate surface area is 180 Å². The van der Waals surface area contributed by atoms with Gasteiger partial charge >= 0.3 is 12.1 Å². The predicted octanol–water partition coefficient (Wildman–Crippen LogP) is 5.45. The van der Waals surface area contributed by atoms with E-state index in [1.54, 1.807) is 41.0 Å². The quantitative estimate of drug-likeness (QED) is 0.392. The Morgan fingerprint density at radius 2 is 1.84 bits per heavy atom. The number of carbonyl (C=O) groups is 1. The van der Waals surface area contributed by atoms with E-state index in [0.29, 0.717) is 28.4 Å². The first-order chi connectivity index (χ1) is 14.8. The molecule has 0 aliphatic carbocycles. The SMILES string of the molecule is COC(=O)c1cccc(Cc2c(-c3ccc(C(F)(F)F)cc3)nn3cc(Cl)ccc23)n1. The molecule has 0 radical (unpaired) electrons. The summed E-state index contributed by atoms with van der Waals surface area (Å²) in [5.74, 6) is -0.559. The Hall–Kier alpha value is -3.39. The van der Waals surface area contributed by atoms with E-state index >= 15 is 0 Å². The number of hydrogen-bond acceptors (Lipinski definition) is 4. The van der Waals surface area contributed by atoms with Crippen molar-refractivity contribution in [2.45, 2.75) is 12.6 Å². The molecule has 4 rings (SSSR count). The number of nitrogens with zero attached hydrogens (tertiary/aromatic N) is 3. The Bertz CT molecular complexity index is 1270. The van der Waals surface area contributed by atoms with Crippen LogP contribution >= 0.6 is 11.6 Å². The van der Waals surface area contributed by atoms with Crippen molar-refractivity contribution >= 4 is 23.1 Å². The summed E-state index contributed by atoms with van der Waals surface area (Å²) in [5.41, 5.74) is 2.50. The minimum atomic E-state index is -4.42. The summed E-state index contributed by atoms with van der Waals surface area (Å²) in [6.45, 7) is 0. The lowest BCUT2D eigenvalue weighted by atomic mass is 10.0. The van der Waals surface area contributed by atoms with Gasteiger partial charge in [0, 0.05) is 29.4 Å². The molecule has 0 saturated heterocycles. The van der Waals surface area contributed by atoms with Crippen LogP contribution in [0.3, 0.4) is 0 Å². The molecule has 0 atom stereocenters. The lowest BCUT2D eigenvalue weighted by Gasteiger charge is -2.08. The summed E-state index contributed by atoms with van der Waals surface area (Å²) < 4.78 is 45.2. The van der Waals surface area contributed by atoms with Gasteiger partial charge in [-0.1, -0.05) is 29.8 Å². The molecule has 0 unspecified atom stereocenters. The number of aromatic nitrogens is 3. The maximum Gasteiger partial charge on any atom is 0.416 e. The second-order valence-corrected chi connectivity index (χ2v) is 7.20. The lowest BCUT2D eigenvalue weighted by molar-refractivity contribution is -0.137. The molecule has 4 aromatic rings. The standard InChI is InChI=1S/C22H15ClF3N3O2/c1-31-21(30)18-4-2-3-16(27-18)11-17-19-10-9-15(23)12-29(19)28-20(17)13-5-7-14(8-6-13)22(24,25)26/h2-10,12H,11H2,1H3. The molecule has 0 bridgehead atoms. The van der Waals surface area contributed by atoms with Crippen LogP contribution in [0.1, 0.15) is 27.3 Å². The molecule has 0 amide bonds. The summed E-state index contributed by atoms with van der Waals surface area (Å²) in [6.07, 6.45) is -2.51. The minimum Gasteiger partial charge on any atom is -0.464 e. The zero-order valence-electron chi connectivity index (χ0n) is 16.2. The Morgan fingerprint density at radius 1 is 1.10 bits per heavy atom. The highest BCUT2D eigenvalue weighted by Gasteiger charge is 2.30. The molecular formula is C22H15ClF3N3O2. The van der Waals surface area contributed by atoms with Gasteiger partial charge in [0.05, 0.1) is 28.9 Å². The summed E-state index contributed by atoms with van der Waals surface area (Å²) >= 11 is 6.08. The number of carbonyl (C=O) groups excluding carboxylic acids is 1. The Balaban J connectivity index is 1.82. The number of hydrogen-bond donors (Lipinski definition) is 0.